The zero-order valence-electron chi connectivity index (χ0n) is 10.6. The first-order valence-electron chi connectivity index (χ1n) is 6.48. The summed E-state index contributed by atoms with van der Waals surface area (Å²) in [5, 5.41) is 7.60. The number of thiophene rings is 1. The molecule has 1 aliphatic heterocycles. The van der Waals surface area contributed by atoms with E-state index in [0.717, 1.165) is 30.9 Å². The Morgan fingerprint density at radius 1 is 1.21 bits per heavy atom. The highest BCUT2D eigenvalue weighted by Crippen LogP contribution is 2.23. The number of nitrogens with zero attached hydrogens (tertiary/aromatic N) is 1. The van der Waals surface area contributed by atoms with Gasteiger partial charge in [0, 0.05) is 30.9 Å². The molecular formula is C15H16N2OS. The molecule has 1 fully saturated rings. The Bertz CT molecular complexity index is 548. The summed E-state index contributed by atoms with van der Waals surface area (Å²) in [5.41, 5.74) is 3.38. The Hall–Kier alpha value is -1.81. The van der Waals surface area contributed by atoms with Gasteiger partial charge in [-0.15, -0.1) is 0 Å². The maximum atomic E-state index is 11.7. The van der Waals surface area contributed by atoms with Crippen LogP contribution >= 0.6 is 11.3 Å². The summed E-state index contributed by atoms with van der Waals surface area (Å²) in [6, 6.07) is 10.2. The van der Waals surface area contributed by atoms with Crippen molar-refractivity contribution >= 4 is 28.6 Å². The second-order valence-corrected chi connectivity index (χ2v) is 5.46. The quantitative estimate of drug-likeness (QED) is 0.924. The van der Waals surface area contributed by atoms with E-state index in [4.69, 9.17) is 0 Å². The van der Waals surface area contributed by atoms with Crippen molar-refractivity contribution in [2.24, 2.45) is 0 Å². The first kappa shape index (κ1) is 12.2. The third-order valence-corrected chi connectivity index (χ3v) is 4.06. The Morgan fingerprint density at radius 2 is 2.05 bits per heavy atom. The lowest BCUT2D eigenvalue weighted by atomic mass is 10.2. The first-order chi connectivity index (χ1) is 9.33. The highest BCUT2D eigenvalue weighted by Gasteiger charge is 2.21. The van der Waals surface area contributed by atoms with Gasteiger partial charge in [-0.25, -0.2) is 0 Å². The molecule has 1 aromatic carbocycles. The molecule has 4 heteroatoms. The Labute approximate surface area is 116 Å². The Morgan fingerprint density at radius 3 is 2.68 bits per heavy atom. The summed E-state index contributed by atoms with van der Waals surface area (Å²) in [4.78, 5) is 13.5. The van der Waals surface area contributed by atoms with E-state index >= 15 is 0 Å². The van der Waals surface area contributed by atoms with Gasteiger partial charge in [0.2, 0.25) is 5.91 Å². The molecule has 3 rings (SSSR count). The lowest BCUT2D eigenvalue weighted by Gasteiger charge is -2.16. The number of nitrogens with one attached hydrogen (secondary N) is 1. The van der Waals surface area contributed by atoms with Crippen LogP contribution in [0.3, 0.4) is 0 Å². The standard InChI is InChI=1S/C15H16N2OS/c18-15-2-1-8-17(15)14-5-3-13(4-6-14)16-10-12-7-9-19-11-12/h3-7,9,11,16H,1-2,8,10H2. The van der Waals surface area contributed by atoms with Gasteiger partial charge in [0.1, 0.15) is 0 Å². The molecule has 0 atom stereocenters. The SMILES string of the molecule is O=C1CCCN1c1ccc(NCc2ccsc2)cc1. The molecule has 1 aliphatic rings. The maximum absolute atomic E-state index is 11.7. The molecule has 1 amide bonds. The van der Waals surface area contributed by atoms with Crippen molar-refractivity contribution < 1.29 is 4.79 Å². The smallest absolute Gasteiger partial charge is 0.227 e. The van der Waals surface area contributed by atoms with E-state index in [9.17, 15) is 4.79 Å². The summed E-state index contributed by atoms with van der Waals surface area (Å²) in [6.07, 6.45) is 1.65. The summed E-state index contributed by atoms with van der Waals surface area (Å²) in [5.74, 6) is 0.235. The first-order valence-corrected chi connectivity index (χ1v) is 7.42. The van der Waals surface area contributed by atoms with E-state index in [2.05, 4.69) is 22.1 Å². The molecule has 19 heavy (non-hydrogen) atoms. The molecule has 2 heterocycles. The topological polar surface area (TPSA) is 32.3 Å². The zero-order valence-corrected chi connectivity index (χ0v) is 11.5. The lowest BCUT2D eigenvalue weighted by Crippen LogP contribution is -2.23. The predicted molar refractivity (Wildman–Crippen MR) is 79.7 cm³/mol. The van der Waals surface area contributed by atoms with Gasteiger partial charge >= 0.3 is 0 Å². The molecule has 3 nitrogen and oxygen atoms in total. The predicted octanol–water partition coefficient (Wildman–Crippen LogP) is 3.49. The molecule has 0 unspecified atom stereocenters. The normalized spacial score (nSPS) is 14.9. The minimum Gasteiger partial charge on any atom is -0.381 e. The largest absolute Gasteiger partial charge is 0.381 e. The van der Waals surface area contributed by atoms with E-state index in [0.29, 0.717) is 6.42 Å². The van der Waals surface area contributed by atoms with Crippen molar-refractivity contribution in [2.75, 3.05) is 16.8 Å². The third kappa shape index (κ3) is 2.79. The summed E-state index contributed by atoms with van der Waals surface area (Å²) >= 11 is 1.71. The number of amides is 1. The van der Waals surface area contributed by atoms with E-state index in [1.54, 1.807) is 11.3 Å². The zero-order chi connectivity index (χ0) is 13.1. The van der Waals surface area contributed by atoms with Crippen LogP contribution < -0.4 is 10.2 Å². The van der Waals surface area contributed by atoms with Crippen LogP contribution in [0.25, 0.3) is 0 Å². The molecule has 0 bridgehead atoms. The number of rotatable bonds is 4. The molecule has 0 aliphatic carbocycles. The summed E-state index contributed by atoms with van der Waals surface area (Å²) < 4.78 is 0. The Balaban J connectivity index is 1.64. The minimum absolute atomic E-state index is 0.235. The van der Waals surface area contributed by atoms with Crippen LogP contribution in [0.5, 0.6) is 0 Å². The molecule has 1 N–H and O–H groups in total. The van der Waals surface area contributed by atoms with Gasteiger partial charge in [0.25, 0.3) is 0 Å². The fourth-order valence-corrected chi connectivity index (χ4v) is 2.95. The number of carbonyl (C=O) groups is 1. The molecule has 1 aromatic heterocycles. The van der Waals surface area contributed by atoms with E-state index < -0.39 is 0 Å². The van der Waals surface area contributed by atoms with Gasteiger partial charge in [-0.1, -0.05) is 0 Å². The number of anilines is 2. The number of carbonyl (C=O) groups excluding carboxylic acids is 1. The Kier molecular flexibility index (Phi) is 3.51. The van der Waals surface area contributed by atoms with Crippen molar-refractivity contribution in [3.63, 3.8) is 0 Å². The second kappa shape index (κ2) is 5.45. The van der Waals surface area contributed by atoms with Crippen molar-refractivity contribution in [3.8, 4) is 0 Å². The van der Waals surface area contributed by atoms with Gasteiger partial charge in [-0.2, -0.15) is 11.3 Å². The minimum atomic E-state index is 0.235. The lowest BCUT2D eigenvalue weighted by molar-refractivity contribution is -0.117. The van der Waals surface area contributed by atoms with E-state index in [-0.39, 0.29) is 5.91 Å². The van der Waals surface area contributed by atoms with Crippen molar-refractivity contribution in [2.45, 2.75) is 19.4 Å². The van der Waals surface area contributed by atoms with Crippen LogP contribution in [0.1, 0.15) is 18.4 Å². The second-order valence-electron chi connectivity index (χ2n) is 4.68. The maximum Gasteiger partial charge on any atom is 0.227 e. The van der Waals surface area contributed by atoms with E-state index in [1.807, 2.05) is 29.2 Å². The number of benzene rings is 1. The average molecular weight is 272 g/mol. The average Bonchev–Trinajstić information content (AvgIpc) is 3.08. The van der Waals surface area contributed by atoms with Crippen molar-refractivity contribution in [1.82, 2.24) is 0 Å². The molecule has 2 aromatic rings. The van der Waals surface area contributed by atoms with Crippen molar-refractivity contribution in [3.05, 3.63) is 46.7 Å². The van der Waals surface area contributed by atoms with Gasteiger partial charge in [-0.05, 0) is 53.1 Å². The van der Waals surface area contributed by atoms with Crippen LogP contribution in [-0.2, 0) is 11.3 Å². The van der Waals surface area contributed by atoms with Gasteiger partial charge in [-0.3, -0.25) is 4.79 Å². The molecule has 98 valence electrons. The van der Waals surface area contributed by atoms with Crippen LogP contribution in [0, 0.1) is 0 Å². The molecule has 0 radical (unpaired) electrons. The van der Waals surface area contributed by atoms with E-state index in [1.165, 1.54) is 5.56 Å². The third-order valence-electron chi connectivity index (χ3n) is 3.33. The van der Waals surface area contributed by atoms with Crippen LogP contribution in [0.2, 0.25) is 0 Å². The van der Waals surface area contributed by atoms with Gasteiger partial charge in [0.05, 0.1) is 0 Å². The molecule has 1 saturated heterocycles. The van der Waals surface area contributed by atoms with Crippen LogP contribution in [-0.4, -0.2) is 12.5 Å². The van der Waals surface area contributed by atoms with Gasteiger partial charge in [0.15, 0.2) is 0 Å². The molecule has 0 spiro atoms. The summed E-state index contributed by atoms with van der Waals surface area (Å²) in [7, 11) is 0. The highest BCUT2D eigenvalue weighted by molar-refractivity contribution is 7.07. The van der Waals surface area contributed by atoms with Gasteiger partial charge < -0.3 is 10.2 Å². The number of hydrogen-bond donors (Lipinski definition) is 1. The monoisotopic (exact) mass is 272 g/mol. The molecular weight excluding hydrogens is 256 g/mol. The fraction of sp³-hybridized carbons (Fsp3) is 0.267. The van der Waals surface area contributed by atoms with Crippen molar-refractivity contribution in [1.29, 1.82) is 0 Å². The molecule has 0 saturated carbocycles. The summed E-state index contributed by atoms with van der Waals surface area (Å²) in [6.45, 7) is 1.69. The van der Waals surface area contributed by atoms with Crippen LogP contribution in [0.4, 0.5) is 11.4 Å². The van der Waals surface area contributed by atoms with Crippen LogP contribution in [0.15, 0.2) is 41.1 Å². The number of hydrogen-bond acceptors (Lipinski definition) is 3. The highest BCUT2D eigenvalue weighted by atomic mass is 32.1. The fourth-order valence-electron chi connectivity index (χ4n) is 2.28.